The molecule has 3 nitrogen and oxygen atoms in total. The van der Waals surface area contributed by atoms with Crippen molar-refractivity contribution in [3.05, 3.63) is 36.2 Å². The first-order valence-electron chi connectivity index (χ1n) is 4.66. The van der Waals surface area contributed by atoms with Gasteiger partial charge in [-0.05, 0) is 37.4 Å². The lowest BCUT2D eigenvalue weighted by molar-refractivity contribution is 1.07. The molecule has 1 heterocycles. The van der Waals surface area contributed by atoms with Crippen LogP contribution >= 0.6 is 11.8 Å². The van der Waals surface area contributed by atoms with Crippen molar-refractivity contribution in [3.63, 3.8) is 0 Å². The van der Waals surface area contributed by atoms with Gasteiger partial charge in [0.1, 0.15) is 0 Å². The predicted molar refractivity (Wildman–Crippen MR) is 64.5 cm³/mol. The molecule has 4 heteroatoms. The minimum atomic E-state index is 0.532. The molecule has 78 valence electrons. The van der Waals surface area contributed by atoms with Gasteiger partial charge in [0.05, 0.1) is 5.69 Å². The van der Waals surface area contributed by atoms with Gasteiger partial charge in [-0.15, -0.1) is 11.8 Å². The van der Waals surface area contributed by atoms with E-state index in [-0.39, 0.29) is 0 Å². The normalized spacial score (nSPS) is 10.5. The number of rotatable bonds is 2. The number of imidazole rings is 1. The molecule has 0 saturated heterocycles. The average molecular weight is 219 g/mol. The summed E-state index contributed by atoms with van der Waals surface area (Å²) in [6.07, 6.45) is 3.99. The highest BCUT2D eigenvalue weighted by Gasteiger charge is 2.03. The second kappa shape index (κ2) is 3.98. The lowest BCUT2D eigenvalue weighted by Gasteiger charge is -2.04. The monoisotopic (exact) mass is 219 g/mol. The molecule has 0 amide bonds. The van der Waals surface area contributed by atoms with Crippen LogP contribution in [0.5, 0.6) is 0 Å². The van der Waals surface area contributed by atoms with Gasteiger partial charge in [-0.3, -0.25) is 4.57 Å². The quantitative estimate of drug-likeness (QED) is 0.789. The number of nitrogens with two attached hydrogens (primary N) is 1. The second-order valence-corrected chi connectivity index (χ2v) is 4.19. The molecule has 0 atom stereocenters. The van der Waals surface area contributed by atoms with Crippen molar-refractivity contribution >= 4 is 17.7 Å². The van der Waals surface area contributed by atoms with Crippen LogP contribution in [0.15, 0.2) is 35.4 Å². The van der Waals surface area contributed by atoms with E-state index in [1.165, 1.54) is 4.90 Å². The number of aromatic nitrogens is 2. The SMILES string of the molecule is CSc1ccc(-n2cc(C)nc2N)cc1. The van der Waals surface area contributed by atoms with Crippen LogP contribution in [0, 0.1) is 6.92 Å². The Bertz CT molecular complexity index is 459. The molecule has 2 aromatic rings. The summed E-state index contributed by atoms with van der Waals surface area (Å²) in [4.78, 5) is 5.41. The van der Waals surface area contributed by atoms with Crippen LogP contribution in [0.25, 0.3) is 5.69 Å². The summed E-state index contributed by atoms with van der Waals surface area (Å²) in [5, 5.41) is 0. The number of nitrogens with zero attached hydrogens (tertiary/aromatic N) is 2. The fourth-order valence-electron chi connectivity index (χ4n) is 1.47. The van der Waals surface area contributed by atoms with E-state index in [4.69, 9.17) is 5.73 Å². The van der Waals surface area contributed by atoms with Crippen molar-refractivity contribution in [2.24, 2.45) is 0 Å². The van der Waals surface area contributed by atoms with Crippen molar-refractivity contribution in [3.8, 4) is 5.69 Å². The van der Waals surface area contributed by atoms with E-state index in [2.05, 4.69) is 23.4 Å². The van der Waals surface area contributed by atoms with E-state index in [0.29, 0.717) is 5.95 Å². The molecule has 0 aliphatic heterocycles. The Kier molecular flexibility index (Phi) is 2.68. The van der Waals surface area contributed by atoms with Crippen LogP contribution in [0.1, 0.15) is 5.69 Å². The summed E-state index contributed by atoms with van der Waals surface area (Å²) in [5.74, 6) is 0.532. The third kappa shape index (κ3) is 1.99. The molecule has 0 fully saturated rings. The number of aryl methyl sites for hydroxylation is 1. The fraction of sp³-hybridized carbons (Fsp3) is 0.182. The van der Waals surface area contributed by atoms with Crippen molar-refractivity contribution in [1.82, 2.24) is 9.55 Å². The van der Waals surface area contributed by atoms with Crippen molar-refractivity contribution in [1.29, 1.82) is 0 Å². The van der Waals surface area contributed by atoms with Gasteiger partial charge in [-0.1, -0.05) is 0 Å². The van der Waals surface area contributed by atoms with Crippen LogP contribution < -0.4 is 5.73 Å². The maximum absolute atomic E-state index is 5.79. The summed E-state index contributed by atoms with van der Waals surface area (Å²) >= 11 is 1.73. The summed E-state index contributed by atoms with van der Waals surface area (Å²) in [5.41, 5.74) is 7.77. The maximum atomic E-state index is 5.79. The molecule has 2 rings (SSSR count). The van der Waals surface area contributed by atoms with Crippen molar-refractivity contribution in [2.45, 2.75) is 11.8 Å². The standard InChI is InChI=1S/C11H13N3S/c1-8-7-14(11(12)13-8)9-3-5-10(15-2)6-4-9/h3-7H,1-2H3,(H2,12,13). The number of nitrogen functional groups attached to an aromatic ring is 1. The molecule has 0 spiro atoms. The van der Waals surface area contributed by atoms with Gasteiger partial charge >= 0.3 is 0 Å². The molecule has 0 radical (unpaired) electrons. The number of hydrogen-bond donors (Lipinski definition) is 1. The molecular formula is C11H13N3S. The summed E-state index contributed by atoms with van der Waals surface area (Å²) in [7, 11) is 0. The zero-order valence-electron chi connectivity index (χ0n) is 8.77. The topological polar surface area (TPSA) is 43.8 Å². The summed E-state index contributed by atoms with van der Waals surface area (Å²) in [6.45, 7) is 1.93. The Balaban J connectivity index is 2.41. The molecule has 1 aromatic heterocycles. The van der Waals surface area contributed by atoms with Crippen LogP contribution in [0.2, 0.25) is 0 Å². The molecule has 0 bridgehead atoms. The zero-order valence-corrected chi connectivity index (χ0v) is 9.58. The van der Waals surface area contributed by atoms with Crippen LogP contribution in [0.4, 0.5) is 5.95 Å². The van der Waals surface area contributed by atoms with Gasteiger partial charge in [-0.2, -0.15) is 0 Å². The lowest BCUT2D eigenvalue weighted by Crippen LogP contribution is -1.99. The van der Waals surface area contributed by atoms with E-state index in [0.717, 1.165) is 11.4 Å². The Morgan fingerprint density at radius 3 is 2.40 bits per heavy atom. The summed E-state index contributed by atoms with van der Waals surface area (Å²) in [6, 6.07) is 8.25. The molecule has 0 aliphatic carbocycles. The number of benzene rings is 1. The molecule has 15 heavy (non-hydrogen) atoms. The van der Waals surface area contributed by atoms with Gasteiger partial charge in [0.2, 0.25) is 5.95 Å². The van der Waals surface area contributed by atoms with Crippen LogP contribution in [-0.4, -0.2) is 15.8 Å². The number of thioether (sulfide) groups is 1. The zero-order chi connectivity index (χ0) is 10.8. The van der Waals surface area contributed by atoms with E-state index in [9.17, 15) is 0 Å². The Hall–Kier alpha value is -1.42. The van der Waals surface area contributed by atoms with Gasteiger partial charge < -0.3 is 5.73 Å². The maximum Gasteiger partial charge on any atom is 0.205 e. The number of hydrogen-bond acceptors (Lipinski definition) is 3. The smallest absolute Gasteiger partial charge is 0.205 e. The van der Waals surface area contributed by atoms with E-state index in [1.807, 2.05) is 29.8 Å². The third-order valence-corrected chi connectivity index (χ3v) is 2.95. The number of anilines is 1. The molecule has 0 aliphatic rings. The first kappa shape index (κ1) is 10.1. The predicted octanol–water partition coefficient (Wildman–Crippen LogP) is 2.48. The van der Waals surface area contributed by atoms with Crippen molar-refractivity contribution < 1.29 is 0 Å². The Labute approximate surface area is 93.3 Å². The van der Waals surface area contributed by atoms with E-state index in [1.54, 1.807) is 11.8 Å². The first-order valence-corrected chi connectivity index (χ1v) is 5.89. The van der Waals surface area contributed by atoms with Crippen LogP contribution in [0.3, 0.4) is 0 Å². The highest BCUT2D eigenvalue weighted by Crippen LogP contribution is 2.19. The van der Waals surface area contributed by atoms with E-state index >= 15 is 0 Å². The van der Waals surface area contributed by atoms with E-state index < -0.39 is 0 Å². The van der Waals surface area contributed by atoms with Gasteiger partial charge in [0.15, 0.2) is 0 Å². The highest BCUT2D eigenvalue weighted by atomic mass is 32.2. The Morgan fingerprint density at radius 2 is 1.93 bits per heavy atom. The van der Waals surface area contributed by atoms with Gasteiger partial charge in [0, 0.05) is 16.8 Å². The molecule has 2 N–H and O–H groups in total. The molecule has 0 unspecified atom stereocenters. The van der Waals surface area contributed by atoms with Gasteiger partial charge in [0.25, 0.3) is 0 Å². The molecule has 1 aromatic carbocycles. The van der Waals surface area contributed by atoms with Crippen molar-refractivity contribution in [2.75, 3.05) is 12.0 Å². The Morgan fingerprint density at radius 1 is 1.27 bits per heavy atom. The third-order valence-electron chi connectivity index (χ3n) is 2.20. The molecule has 0 saturated carbocycles. The second-order valence-electron chi connectivity index (χ2n) is 3.31. The largest absolute Gasteiger partial charge is 0.369 e. The first-order chi connectivity index (χ1) is 7.20. The minimum Gasteiger partial charge on any atom is -0.369 e. The fourth-order valence-corrected chi connectivity index (χ4v) is 1.87. The summed E-state index contributed by atoms with van der Waals surface area (Å²) < 4.78 is 1.89. The molecular weight excluding hydrogens is 206 g/mol. The average Bonchev–Trinajstić information content (AvgIpc) is 2.58. The lowest BCUT2D eigenvalue weighted by atomic mass is 10.3. The minimum absolute atomic E-state index is 0.532. The van der Waals surface area contributed by atoms with Gasteiger partial charge in [-0.25, -0.2) is 4.98 Å². The highest BCUT2D eigenvalue weighted by molar-refractivity contribution is 7.98. The van der Waals surface area contributed by atoms with Crippen LogP contribution in [-0.2, 0) is 0 Å².